The number of nitrogens with zero attached hydrogens (tertiary/aromatic N) is 1. The number of aliphatic imine (C=N–C) groups is 1. The molecule has 1 rings (SSSR count). The predicted octanol–water partition coefficient (Wildman–Crippen LogP) is 2.71. The molecule has 1 fully saturated rings. The minimum Gasteiger partial charge on any atom is -0.283 e. The van der Waals surface area contributed by atoms with Crippen LogP contribution in [0.2, 0.25) is 0 Å². The minimum absolute atomic E-state index is 0.654. The van der Waals surface area contributed by atoms with Crippen LogP contribution >= 0.6 is 11.8 Å². The Hall–Kier alpha value is 0.0200. The van der Waals surface area contributed by atoms with Gasteiger partial charge in [0.05, 0.1) is 11.6 Å². The molecule has 0 radical (unpaired) electrons. The van der Waals surface area contributed by atoms with Gasteiger partial charge in [0.15, 0.2) is 0 Å². The molecule has 1 aliphatic rings. The lowest BCUT2D eigenvalue weighted by molar-refractivity contribution is 0.445. The van der Waals surface area contributed by atoms with Crippen LogP contribution in [0.4, 0.5) is 0 Å². The van der Waals surface area contributed by atoms with E-state index in [4.69, 9.17) is 0 Å². The van der Waals surface area contributed by atoms with Crippen molar-refractivity contribution in [2.75, 3.05) is 6.26 Å². The van der Waals surface area contributed by atoms with E-state index < -0.39 is 0 Å². The number of rotatable bonds is 2. The molecule has 1 saturated carbocycles. The van der Waals surface area contributed by atoms with Gasteiger partial charge in [-0.05, 0) is 19.1 Å². The van der Waals surface area contributed by atoms with E-state index in [0.717, 1.165) is 0 Å². The number of thioether (sulfide) groups is 1. The highest BCUT2D eigenvalue weighted by Gasteiger charge is 2.09. The van der Waals surface area contributed by atoms with Crippen LogP contribution in [0.25, 0.3) is 0 Å². The van der Waals surface area contributed by atoms with Crippen LogP contribution in [0.15, 0.2) is 4.99 Å². The standard InChI is InChI=1S/C8H15NS/c1-10-7-9-8-5-3-2-4-6-8/h7-8H,2-6H2,1H3. The fourth-order valence-corrected chi connectivity index (χ4v) is 1.67. The predicted molar refractivity (Wildman–Crippen MR) is 48.9 cm³/mol. The van der Waals surface area contributed by atoms with Gasteiger partial charge >= 0.3 is 0 Å². The molecule has 1 nitrogen and oxygen atoms in total. The van der Waals surface area contributed by atoms with Crippen LogP contribution in [-0.2, 0) is 0 Å². The first kappa shape index (κ1) is 8.12. The quantitative estimate of drug-likeness (QED) is 0.443. The van der Waals surface area contributed by atoms with Crippen molar-refractivity contribution in [3.63, 3.8) is 0 Å². The van der Waals surface area contributed by atoms with E-state index in [9.17, 15) is 0 Å². The third-order valence-electron chi connectivity index (χ3n) is 1.95. The van der Waals surface area contributed by atoms with Crippen molar-refractivity contribution < 1.29 is 0 Å². The van der Waals surface area contributed by atoms with Gasteiger partial charge in [0.1, 0.15) is 0 Å². The SMILES string of the molecule is CSC=NC1CCCCC1. The molecule has 58 valence electrons. The molecule has 0 spiro atoms. The summed E-state index contributed by atoms with van der Waals surface area (Å²) in [5.41, 5.74) is 1.98. The average Bonchev–Trinajstić information content (AvgIpc) is 2.03. The van der Waals surface area contributed by atoms with E-state index in [2.05, 4.69) is 11.2 Å². The third kappa shape index (κ3) is 2.74. The Morgan fingerprint density at radius 2 is 2.00 bits per heavy atom. The molecule has 2 heteroatoms. The molecule has 0 aromatic heterocycles. The molecule has 0 aliphatic heterocycles. The van der Waals surface area contributed by atoms with Gasteiger partial charge in [0.2, 0.25) is 0 Å². The van der Waals surface area contributed by atoms with Crippen molar-refractivity contribution in [1.29, 1.82) is 0 Å². The maximum atomic E-state index is 4.44. The van der Waals surface area contributed by atoms with Gasteiger partial charge in [-0.3, -0.25) is 4.99 Å². The van der Waals surface area contributed by atoms with E-state index in [1.807, 2.05) is 5.55 Å². The summed E-state index contributed by atoms with van der Waals surface area (Å²) in [6, 6.07) is 0.654. The van der Waals surface area contributed by atoms with E-state index in [1.165, 1.54) is 32.1 Å². The second-order valence-corrected chi connectivity index (χ2v) is 3.46. The molecule has 0 atom stereocenters. The Bertz CT molecular complexity index is 106. The summed E-state index contributed by atoms with van der Waals surface area (Å²) < 4.78 is 0. The fourth-order valence-electron chi connectivity index (χ4n) is 1.38. The summed E-state index contributed by atoms with van der Waals surface area (Å²) in [7, 11) is 0. The Balaban J connectivity index is 2.19. The van der Waals surface area contributed by atoms with Crippen LogP contribution in [0.3, 0.4) is 0 Å². The summed E-state index contributed by atoms with van der Waals surface area (Å²) in [5, 5.41) is 0. The monoisotopic (exact) mass is 157 g/mol. The van der Waals surface area contributed by atoms with Gasteiger partial charge in [-0.2, -0.15) is 0 Å². The maximum absolute atomic E-state index is 4.44. The lowest BCUT2D eigenvalue weighted by Gasteiger charge is -2.16. The summed E-state index contributed by atoms with van der Waals surface area (Å²) in [6.45, 7) is 0. The first-order valence-electron chi connectivity index (χ1n) is 3.98. The van der Waals surface area contributed by atoms with Crippen LogP contribution in [0.5, 0.6) is 0 Å². The Morgan fingerprint density at radius 1 is 1.30 bits per heavy atom. The summed E-state index contributed by atoms with van der Waals surface area (Å²) >= 11 is 1.70. The van der Waals surface area contributed by atoms with Gasteiger partial charge < -0.3 is 0 Å². The zero-order valence-electron chi connectivity index (χ0n) is 6.55. The first-order chi connectivity index (χ1) is 4.93. The molecular weight excluding hydrogens is 142 g/mol. The highest BCUT2D eigenvalue weighted by Crippen LogP contribution is 2.19. The van der Waals surface area contributed by atoms with Gasteiger partial charge in [-0.15, -0.1) is 11.8 Å². The van der Waals surface area contributed by atoms with Crippen LogP contribution in [-0.4, -0.2) is 17.8 Å². The fraction of sp³-hybridized carbons (Fsp3) is 0.875. The molecule has 0 N–H and O–H groups in total. The molecule has 0 heterocycles. The second-order valence-electron chi connectivity index (χ2n) is 2.78. The maximum Gasteiger partial charge on any atom is 0.0541 e. The average molecular weight is 157 g/mol. The summed E-state index contributed by atoms with van der Waals surface area (Å²) in [4.78, 5) is 4.44. The zero-order valence-corrected chi connectivity index (χ0v) is 7.36. The third-order valence-corrected chi connectivity index (χ3v) is 2.28. The van der Waals surface area contributed by atoms with Crippen molar-refractivity contribution in [2.24, 2.45) is 4.99 Å². The Labute approximate surface area is 67.3 Å². The zero-order chi connectivity index (χ0) is 7.23. The first-order valence-corrected chi connectivity index (χ1v) is 5.26. The van der Waals surface area contributed by atoms with Gasteiger partial charge in [-0.25, -0.2) is 0 Å². The molecule has 10 heavy (non-hydrogen) atoms. The minimum atomic E-state index is 0.654. The van der Waals surface area contributed by atoms with Crippen LogP contribution in [0.1, 0.15) is 32.1 Å². The van der Waals surface area contributed by atoms with Crippen molar-refractivity contribution in [3.05, 3.63) is 0 Å². The number of hydrogen-bond donors (Lipinski definition) is 0. The van der Waals surface area contributed by atoms with Gasteiger partial charge in [-0.1, -0.05) is 19.3 Å². The number of hydrogen-bond acceptors (Lipinski definition) is 2. The normalized spacial score (nSPS) is 22.1. The molecule has 0 amide bonds. The largest absolute Gasteiger partial charge is 0.283 e. The molecule has 0 aromatic rings. The molecule has 0 saturated heterocycles. The molecule has 0 aromatic carbocycles. The van der Waals surface area contributed by atoms with Crippen molar-refractivity contribution >= 4 is 17.3 Å². The molecular formula is C8H15NS. The van der Waals surface area contributed by atoms with E-state index in [-0.39, 0.29) is 0 Å². The molecule has 0 unspecified atom stereocenters. The van der Waals surface area contributed by atoms with Gasteiger partial charge in [0, 0.05) is 0 Å². The van der Waals surface area contributed by atoms with E-state index >= 15 is 0 Å². The van der Waals surface area contributed by atoms with Crippen LogP contribution < -0.4 is 0 Å². The highest BCUT2D eigenvalue weighted by atomic mass is 32.2. The smallest absolute Gasteiger partial charge is 0.0541 e. The van der Waals surface area contributed by atoms with E-state index in [0.29, 0.717) is 6.04 Å². The van der Waals surface area contributed by atoms with E-state index in [1.54, 1.807) is 11.8 Å². The van der Waals surface area contributed by atoms with Crippen molar-refractivity contribution in [2.45, 2.75) is 38.1 Å². The summed E-state index contributed by atoms with van der Waals surface area (Å²) in [5.74, 6) is 0. The lowest BCUT2D eigenvalue weighted by atomic mass is 9.96. The Morgan fingerprint density at radius 3 is 2.60 bits per heavy atom. The second kappa shape index (κ2) is 4.78. The summed E-state index contributed by atoms with van der Waals surface area (Å²) in [6.07, 6.45) is 8.89. The van der Waals surface area contributed by atoms with Crippen LogP contribution in [0, 0.1) is 0 Å². The van der Waals surface area contributed by atoms with Crippen molar-refractivity contribution in [3.8, 4) is 0 Å². The molecule has 1 aliphatic carbocycles. The van der Waals surface area contributed by atoms with Crippen molar-refractivity contribution in [1.82, 2.24) is 0 Å². The lowest BCUT2D eigenvalue weighted by Crippen LogP contribution is -2.08. The molecule has 0 bridgehead atoms. The van der Waals surface area contributed by atoms with Gasteiger partial charge in [0.25, 0.3) is 0 Å². The topological polar surface area (TPSA) is 12.4 Å². The highest BCUT2D eigenvalue weighted by molar-refractivity contribution is 8.11. The Kier molecular flexibility index (Phi) is 3.88.